The molecule has 1 amide bonds. The number of aldehydes is 1. The van der Waals surface area contributed by atoms with Crippen molar-refractivity contribution in [1.82, 2.24) is 3.96 Å². The molecule has 0 aliphatic carbocycles. The minimum absolute atomic E-state index is 0.134. The van der Waals surface area contributed by atoms with E-state index in [1.165, 1.54) is 18.6 Å². The first-order chi connectivity index (χ1) is 11.8. The maximum absolute atomic E-state index is 12.7. The topological polar surface area (TPSA) is 60.7 Å². The fourth-order valence-electron chi connectivity index (χ4n) is 2.18. The molecular formula is C18H21ClN2O3S. The summed E-state index contributed by atoms with van der Waals surface area (Å²) in [5.41, 5.74) is 1.05. The fourth-order valence-corrected chi connectivity index (χ4v) is 3.39. The largest absolute Gasteiger partial charge is 0.496 e. The van der Waals surface area contributed by atoms with Gasteiger partial charge in [0.05, 0.1) is 12.7 Å². The number of rotatable bonds is 5. The average molecular weight is 381 g/mol. The Labute approximate surface area is 156 Å². The number of ether oxygens (including phenoxy) is 1. The number of benzene rings is 1. The van der Waals surface area contributed by atoms with Crippen LogP contribution in [0.4, 0.5) is 0 Å². The number of methoxy groups -OCH3 is 1. The van der Waals surface area contributed by atoms with Gasteiger partial charge in [-0.1, -0.05) is 11.6 Å². The lowest BCUT2D eigenvalue weighted by Crippen LogP contribution is -2.18. The van der Waals surface area contributed by atoms with Gasteiger partial charge in [-0.05, 0) is 56.9 Å². The van der Waals surface area contributed by atoms with Gasteiger partial charge in [0, 0.05) is 28.7 Å². The summed E-state index contributed by atoms with van der Waals surface area (Å²) in [4.78, 5) is 27.6. The van der Waals surface area contributed by atoms with Gasteiger partial charge in [-0.3, -0.25) is 8.75 Å². The van der Waals surface area contributed by atoms with Crippen molar-refractivity contribution in [2.45, 2.75) is 39.2 Å². The van der Waals surface area contributed by atoms with Gasteiger partial charge < -0.3 is 9.53 Å². The summed E-state index contributed by atoms with van der Waals surface area (Å²) in [7, 11) is 1.49. The Morgan fingerprint density at radius 2 is 2.12 bits per heavy atom. The van der Waals surface area contributed by atoms with Crippen LogP contribution >= 0.6 is 23.1 Å². The van der Waals surface area contributed by atoms with Crippen molar-refractivity contribution in [3.63, 3.8) is 0 Å². The third-order valence-electron chi connectivity index (χ3n) is 3.52. The van der Waals surface area contributed by atoms with Crippen LogP contribution in [0, 0.1) is 0 Å². The molecule has 5 nitrogen and oxygen atoms in total. The van der Waals surface area contributed by atoms with Crippen molar-refractivity contribution in [2.24, 2.45) is 4.99 Å². The van der Waals surface area contributed by atoms with Gasteiger partial charge in [0.25, 0.3) is 5.91 Å². The standard InChI is InChI=1S/C18H21ClN2O3S/c1-18(2,3)21-11-12(6-5-9-22)17(25-21)20-16(23)14-10-13(19)7-8-15(14)24-4/h7-11H,5-6H2,1-4H3/b20-17+. The molecular weight excluding hydrogens is 360 g/mol. The molecule has 0 radical (unpaired) electrons. The van der Waals surface area contributed by atoms with Gasteiger partial charge in [-0.25, -0.2) is 0 Å². The summed E-state index contributed by atoms with van der Waals surface area (Å²) in [6.07, 6.45) is 3.75. The molecule has 0 saturated carbocycles. The molecule has 25 heavy (non-hydrogen) atoms. The molecule has 1 heterocycles. The lowest BCUT2D eigenvalue weighted by atomic mass is 10.1. The molecule has 0 saturated heterocycles. The molecule has 0 bridgehead atoms. The van der Waals surface area contributed by atoms with Crippen LogP contribution in [-0.2, 0) is 16.8 Å². The third kappa shape index (κ3) is 4.80. The van der Waals surface area contributed by atoms with E-state index < -0.39 is 5.91 Å². The van der Waals surface area contributed by atoms with Crippen molar-refractivity contribution in [3.05, 3.63) is 45.2 Å². The summed E-state index contributed by atoms with van der Waals surface area (Å²) in [6.45, 7) is 6.20. The SMILES string of the molecule is COc1ccc(Cl)cc1C(=O)/N=c1/sn(C(C)(C)C)cc1CCC=O. The van der Waals surface area contributed by atoms with Crippen molar-refractivity contribution >= 4 is 35.3 Å². The van der Waals surface area contributed by atoms with E-state index in [4.69, 9.17) is 16.3 Å². The molecule has 0 unspecified atom stereocenters. The number of nitrogens with zero attached hydrogens (tertiary/aromatic N) is 2. The van der Waals surface area contributed by atoms with Crippen LogP contribution in [0.1, 0.15) is 43.1 Å². The number of hydrogen-bond acceptors (Lipinski definition) is 4. The molecule has 0 atom stereocenters. The Kier molecular flexibility index (Phi) is 6.19. The smallest absolute Gasteiger partial charge is 0.282 e. The number of aromatic nitrogens is 1. The third-order valence-corrected chi connectivity index (χ3v) is 5.13. The number of carbonyl (C=O) groups excluding carboxylic acids is 2. The number of amides is 1. The van der Waals surface area contributed by atoms with Gasteiger partial charge in [0.1, 0.15) is 16.7 Å². The first-order valence-corrected chi connectivity index (χ1v) is 9.00. The Hall–Kier alpha value is -1.92. The summed E-state index contributed by atoms with van der Waals surface area (Å²) in [5.74, 6) is 0.00228. The van der Waals surface area contributed by atoms with E-state index in [-0.39, 0.29) is 5.54 Å². The zero-order valence-corrected chi connectivity index (χ0v) is 16.3. The van der Waals surface area contributed by atoms with E-state index in [1.54, 1.807) is 18.2 Å². The fraction of sp³-hybridized carbons (Fsp3) is 0.389. The lowest BCUT2D eigenvalue weighted by molar-refractivity contribution is -0.107. The summed E-state index contributed by atoms with van der Waals surface area (Å²) in [6, 6.07) is 4.84. The lowest BCUT2D eigenvalue weighted by Gasteiger charge is -2.19. The van der Waals surface area contributed by atoms with Crippen LogP contribution in [0.25, 0.3) is 0 Å². The number of halogens is 1. The van der Waals surface area contributed by atoms with Gasteiger partial charge in [0.15, 0.2) is 0 Å². The van der Waals surface area contributed by atoms with E-state index in [9.17, 15) is 9.59 Å². The molecule has 0 spiro atoms. The minimum Gasteiger partial charge on any atom is -0.496 e. The summed E-state index contributed by atoms with van der Waals surface area (Å²) < 4.78 is 7.86. The molecule has 0 fully saturated rings. The highest BCUT2D eigenvalue weighted by Gasteiger charge is 2.17. The van der Waals surface area contributed by atoms with Crippen LogP contribution in [0.15, 0.2) is 29.4 Å². The Bertz CT molecular complexity index is 847. The Morgan fingerprint density at radius 3 is 2.72 bits per heavy atom. The number of hydrogen-bond donors (Lipinski definition) is 0. The van der Waals surface area contributed by atoms with E-state index in [0.717, 1.165) is 11.8 Å². The summed E-state index contributed by atoms with van der Waals surface area (Å²) >= 11 is 7.39. The molecule has 0 N–H and O–H groups in total. The van der Waals surface area contributed by atoms with Crippen molar-refractivity contribution in [2.75, 3.05) is 7.11 Å². The van der Waals surface area contributed by atoms with Gasteiger partial charge in [0.2, 0.25) is 0 Å². The zero-order valence-electron chi connectivity index (χ0n) is 14.7. The average Bonchev–Trinajstić information content (AvgIpc) is 2.95. The molecule has 0 aliphatic heterocycles. The molecule has 1 aromatic heterocycles. The molecule has 134 valence electrons. The molecule has 7 heteroatoms. The molecule has 2 aromatic rings. The predicted octanol–water partition coefficient (Wildman–Crippen LogP) is 3.84. The first-order valence-electron chi connectivity index (χ1n) is 7.85. The maximum atomic E-state index is 12.7. The van der Waals surface area contributed by atoms with Crippen molar-refractivity contribution < 1.29 is 14.3 Å². The van der Waals surface area contributed by atoms with Crippen LogP contribution < -0.4 is 9.41 Å². The van der Waals surface area contributed by atoms with Crippen LogP contribution in [0.2, 0.25) is 5.02 Å². The second-order valence-corrected chi connectivity index (χ2v) is 7.91. The minimum atomic E-state index is -0.422. The maximum Gasteiger partial charge on any atom is 0.282 e. The Morgan fingerprint density at radius 1 is 1.40 bits per heavy atom. The highest BCUT2D eigenvalue weighted by Crippen LogP contribution is 2.23. The first kappa shape index (κ1) is 19.4. The second kappa shape index (κ2) is 7.97. The summed E-state index contributed by atoms with van der Waals surface area (Å²) in [5, 5.41) is 0.441. The van der Waals surface area contributed by atoms with Crippen LogP contribution in [0.5, 0.6) is 5.75 Å². The van der Waals surface area contributed by atoms with Gasteiger partial charge >= 0.3 is 0 Å². The quantitative estimate of drug-likeness (QED) is 0.740. The van der Waals surface area contributed by atoms with Crippen LogP contribution in [0.3, 0.4) is 0 Å². The monoisotopic (exact) mass is 380 g/mol. The van der Waals surface area contributed by atoms with E-state index in [2.05, 4.69) is 25.8 Å². The van der Waals surface area contributed by atoms with E-state index in [0.29, 0.717) is 33.8 Å². The highest BCUT2D eigenvalue weighted by atomic mass is 35.5. The number of aryl methyl sites for hydroxylation is 1. The Balaban J connectivity index is 2.52. The van der Waals surface area contributed by atoms with E-state index in [1.807, 2.05) is 10.2 Å². The van der Waals surface area contributed by atoms with Gasteiger partial charge in [-0.2, -0.15) is 4.99 Å². The normalized spacial score (nSPS) is 12.3. The molecule has 0 aliphatic rings. The van der Waals surface area contributed by atoms with E-state index >= 15 is 0 Å². The van der Waals surface area contributed by atoms with Crippen LogP contribution in [-0.4, -0.2) is 23.3 Å². The molecule has 2 rings (SSSR count). The predicted molar refractivity (Wildman–Crippen MR) is 99.6 cm³/mol. The van der Waals surface area contributed by atoms with Crippen molar-refractivity contribution in [1.29, 1.82) is 0 Å². The second-order valence-electron chi connectivity index (χ2n) is 6.51. The number of carbonyl (C=O) groups is 2. The van der Waals surface area contributed by atoms with Crippen molar-refractivity contribution in [3.8, 4) is 5.75 Å². The zero-order chi connectivity index (χ0) is 18.6. The van der Waals surface area contributed by atoms with Gasteiger partial charge in [-0.15, -0.1) is 0 Å². The molecule has 1 aromatic carbocycles. The highest BCUT2D eigenvalue weighted by molar-refractivity contribution is 7.04.